The van der Waals surface area contributed by atoms with Crippen LogP contribution in [0.4, 0.5) is 9.59 Å². The van der Waals surface area contributed by atoms with E-state index in [-0.39, 0.29) is 25.9 Å². The lowest BCUT2D eigenvalue weighted by molar-refractivity contribution is -0.147. The quantitative estimate of drug-likeness (QED) is 0.704. The smallest absolute Gasteiger partial charge is 0.422 e. The molecule has 0 aromatic carbocycles. The maximum absolute atomic E-state index is 12.0. The second kappa shape index (κ2) is 7.47. The van der Waals surface area contributed by atoms with Crippen LogP contribution in [0.15, 0.2) is 0 Å². The van der Waals surface area contributed by atoms with Crippen molar-refractivity contribution in [3.05, 3.63) is 0 Å². The third-order valence-corrected chi connectivity index (χ3v) is 3.41. The molecule has 0 radical (unpaired) electrons. The monoisotopic (exact) mass is 359 g/mol. The zero-order valence-corrected chi connectivity index (χ0v) is 15.8. The third-order valence-electron chi connectivity index (χ3n) is 3.41. The highest BCUT2D eigenvalue weighted by Gasteiger charge is 2.44. The van der Waals surface area contributed by atoms with Crippen LogP contribution in [0.25, 0.3) is 0 Å². The molecule has 25 heavy (non-hydrogen) atoms. The molecule has 1 fully saturated rings. The van der Waals surface area contributed by atoms with Gasteiger partial charge in [0.25, 0.3) is 0 Å². The number of aliphatic carboxylic acids is 1. The summed E-state index contributed by atoms with van der Waals surface area (Å²) >= 11 is 0. The van der Waals surface area contributed by atoms with E-state index in [0.29, 0.717) is 0 Å². The molecule has 2 amide bonds. The number of ether oxygens (including phenoxy) is 2. The van der Waals surface area contributed by atoms with Crippen LogP contribution < -0.4 is 10.7 Å². The van der Waals surface area contributed by atoms with Crippen LogP contribution in [0.5, 0.6) is 0 Å². The average molecular weight is 359 g/mol. The molecule has 0 spiro atoms. The van der Waals surface area contributed by atoms with Crippen molar-refractivity contribution >= 4 is 18.2 Å². The number of nitrogens with zero attached hydrogens (tertiary/aromatic N) is 1. The third kappa shape index (κ3) is 7.16. The summed E-state index contributed by atoms with van der Waals surface area (Å²) < 4.78 is 10.3. The number of hydrogen-bond acceptors (Lipinski definition) is 6. The molecule has 1 saturated heterocycles. The lowest BCUT2D eigenvalue weighted by atomic mass is 9.88. The summed E-state index contributed by atoms with van der Waals surface area (Å²) in [5, 5.41) is 13.6. The minimum Gasteiger partial charge on any atom is -0.480 e. The Balaban J connectivity index is 2.63. The summed E-state index contributed by atoms with van der Waals surface area (Å²) in [5.74, 6) is -1.13. The Kier molecular flexibility index (Phi) is 6.28. The van der Waals surface area contributed by atoms with E-state index in [9.17, 15) is 19.5 Å². The van der Waals surface area contributed by atoms with Gasteiger partial charge in [-0.25, -0.2) is 19.4 Å². The first-order valence-electron chi connectivity index (χ1n) is 8.22. The Morgan fingerprint density at radius 1 is 0.920 bits per heavy atom. The van der Waals surface area contributed by atoms with Crippen LogP contribution in [0.1, 0.15) is 54.4 Å². The Hall–Kier alpha value is -2.03. The number of carboxylic acids is 1. The maximum Gasteiger partial charge on any atom is 0.422 e. The predicted molar refractivity (Wildman–Crippen MR) is 89.9 cm³/mol. The SMILES string of the molecule is CC(C)(C)OC(=O)NN1CCC(NC(=O)OC(C)(C)C)(C(=O)O)CC1. The number of carbonyl (C=O) groups is 3. The Morgan fingerprint density at radius 3 is 1.76 bits per heavy atom. The zero-order chi connectivity index (χ0) is 19.5. The van der Waals surface area contributed by atoms with Crippen LogP contribution in [0.3, 0.4) is 0 Å². The molecule has 1 heterocycles. The van der Waals surface area contributed by atoms with Gasteiger partial charge < -0.3 is 19.9 Å². The van der Waals surface area contributed by atoms with Gasteiger partial charge >= 0.3 is 18.2 Å². The van der Waals surface area contributed by atoms with Crippen molar-refractivity contribution in [2.75, 3.05) is 13.1 Å². The standard InChI is InChI=1S/C16H29N3O6/c1-14(2,3)24-12(22)17-16(11(20)21)7-9-19(10-8-16)18-13(23)25-15(4,5)6/h7-10H2,1-6H3,(H,17,22)(H,18,23)(H,20,21). The van der Waals surface area contributed by atoms with Gasteiger partial charge in [-0.05, 0) is 54.4 Å². The molecule has 0 unspecified atom stereocenters. The number of carboxylic acid groups (broad SMARTS) is 1. The molecule has 1 aliphatic rings. The van der Waals surface area contributed by atoms with Gasteiger partial charge in [-0.2, -0.15) is 0 Å². The maximum atomic E-state index is 12.0. The fourth-order valence-corrected chi connectivity index (χ4v) is 2.32. The first-order valence-corrected chi connectivity index (χ1v) is 8.22. The molecule has 3 N–H and O–H groups in total. The molecule has 0 bridgehead atoms. The highest BCUT2D eigenvalue weighted by Crippen LogP contribution is 2.23. The van der Waals surface area contributed by atoms with Crippen LogP contribution in [0.2, 0.25) is 0 Å². The van der Waals surface area contributed by atoms with Crippen LogP contribution in [0, 0.1) is 0 Å². The molecule has 9 nitrogen and oxygen atoms in total. The fraction of sp³-hybridized carbons (Fsp3) is 0.812. The summed E-state index contributed by atoms with van der Waals surface area (Å²) in [6, 6.07) is 0. The second-order valence-corrected chi connectivity index (χ2v) is 8.11. The molecular formula is C16H29N3O6. The molecular weight excluding hydrogens is 330 g/mol. The van der Waals surface area contributed by atoms with E-state index in [1.165, 1.54) is 0 Å². The topological polar surface area (TPSA) is 117 Å². The van der Waals surface area contributed by atoms with Crippen molar-refractivity contribution in [1.82, 2.24) is 15.8 Å². The van der Waals surface area contributed by atoms with Crippen molar-refractivity contribution < 1.29 is 29.0 Å². The molecule has 1 aliphatic heterocycles. The van der Waals surface area contributed by atoms with Crippen molar-refractivity contribution in [3.63, 3.8) is 0 Å². The normalized spacial score (nSPS) is 18.2. The lowest BCUT2D eigenvalue weighted by Crippen LogP contribution is -2.62. The average Bonchev–Trinajstić information content (AvgIpc) is 2.36. The molecule has 0 aliphatic carbocycles. The number of hydrazine groups is 1. The highest BCUT2D eigenvalue weighted by molar-refractivity contribution is 5.84. The summed E-state index contributed by atoms with van der Waals surface area (Å²) in [4.78, 5) is 35.4. The van der Waals surface area contributed by atoms with Crippen LogP contribution in [-0.2, 0) is 14.3 Å². The number of rotatable bonds is 3. The largest absolute Gasteiger partial charge is 0.480 e. The van der Waals surface area contributed by atoms with E-state index < -0.39 is 34.9 Å². The van der Waals surface area contributed by atoms with E-state index in [0.717, 1.165) is 0 Å². The molecule has 0 aromatic rings. The Labute approximate surface area is 148 Å². The minimum atomic E-state index is -1.42. The molecule has 1 rings (SSSR count). The lowest BCUT2D eigenvalue weighted by Gasteiger charge is -2.39. The van der Waals surface area contributed by atoms with E-state index in [1.807, 2.05) is 0 Å². The Morgan fingerprint density at radius 2 is 1.36 bits per heavy atom. The first-order chi connectivity index (χ1) is 11.2. The van der Waals surface area contributed by atoms with E-state index in [2.05, 4.69) is 10.7 Å². The number of piperidine rings is 1. The number of alkyl carbamates (subject to hydrolysis) is 1. The van der Waals surface area contributed by atoms with Gasteiger partial charge in [0.15, 0.2) is 0 Å². The van der Waals surface area contributed by atoms with Crippen LogP contribution >= 0.6 is 0 Å². The van der Waals surface area contributed by atoms with E-state index >= 15 is 0 Å². The number of hydrogen-bond donors (Lipinski definition) is 3. The molecule has 0 aromatic heterocycles. The number of amides is 2. The molecule has 0 atom stereocenters. The fourth-order valence-electron chi connectivity index (χ4n) is 2.32. The van der Waals surface area contributed by atoms with Gasteiger partial charge in [-0.1, -0.05) is 0 Å². The second-order valence-electron chi connectivity index (χ2n) is 8.11. The van der Waals surface area contributed by atoms with Crippen molar-refractivity contribution in [2.24, 2.45) is 0 Å². The molecule has 144 valence electrons. The van der Waals surface area contributed by atoms with E-state index in [4.69, 9.17) is 9.47 Å². The van der Waals surface area contributed by atoms with Crippen molar-refractivity contribution in [3.8, 4) is 0 Å². The van der Waals surface area contributed by atoms with Gasteiger partial charge in [0.1, 0.15) is 16.7 Å². The van der Waals surface area contributed by atoms with E-state index in [1.54, 1.807) is 46.6 Å². The summed E-state index contributed by atoms with van der Waals surface area (Å²) in [5.41, 5.74) is -0.185. The summed E-state index contributed by atoms with van der Waals surface area (Å²) in [6.45, 7) is 10.9. The Bertz CT molecular complexity index is 513. The van der Waals surface area contributed by atoms with Gasteiger partial charge in [0.2, 0.25) is 0 Å². The van der Waals surface area contributed by atoms with Crippen LogP contribution in [-0.4, -0.2) is 58.1 Å². The predicted octanol–water partition coefficient (Wildman–Crippen LogP) is 1.87. The summed E-state index contributed by atoms with van der Waals surface area (Å²) in [6.07, 6.45) is -1.13. The minimum absolute atomic E-state index is 0.122. The molecule has 9 heteroatoms. The molecule has 0 saturated carbocycles. The highest BCUT2D eigenvalue weighted by atomic mass is 16.6. The zero-order valence-electron chi connectivity index (χ0n) is 15.8. The summed E-state index contributed by atoms with van der Waals surface area (Å²) in [7, 11) is 0. The van der Waals surface area contributed by atoms with Crippen molar-refractivity contribution in [1.29, 1.82) is 0 Å². The van der Waals surface area contributed by atoms with Gasteiger partial charge in [0.05, 0.1) is 0 Å². The van der Waals surface area contributed by atoms with Gasteiger partial charge in [-0.3, -0.25) is 5.43 Å². The van der Waals surface area contributed by atoms with Crippen molar-refractivity contribution in [2.45, 2.75) is 71.1 Å². The number of nitrogens with one attached hydrogen (secondary N) is 2. The van der Waals surface area contributed by atoms with Gasteiger partial charge in [0, 0.05) is 13.1 Å². The first kappa shape index (κ1) is 21.0. The number of carbonyl (C=O) groups excluding carboxylic acids is 2. The van der Waals surface area contributed by atoms with Gasteiger partial charge in [-0.15, -0.1) is 0 Å².